The van der Waals surface area contributed by atoms with Crippen LogP contribution in [0.2, 0.25) is 0 Å². The fourth-order valence-corrected chi connectivity index (χ4v) is 1.43. The Morgan fingerprint density at radius 2 is 1.85 bits per heavy atom. The smallest absolute Gasteiger partial charge is 0.416 e. The van der Waals surface area contributed by atoms with Crippen molar-refractivity contribution in [3.8, 4) is 5.75 Å². The molecule has 110 valence electrons. The van der Waals surface area contributed by atoms with Gasteiger partial charge in [-0.3, -0.25) is 4.79 Å². The summed E-state index contributed by atoms with van der Waals surface area (Å²) in [5.41, 5.74) is -2.22. The van der Waals surface area contributed by atoms with E-state index in [1.54, 1.807) is 0 Å². The third-order valence-electron chi connectivity index (χ3n) is 2.29. The first-order chi connectivity index (χ1) is 9.22. The van der Waals surface area contributed by atoms with Crippen molar-refractivity contribution in [1.82, 2.24) is 0 Å². The lowest BCUT2D eigenvalue weighted by Gasteiger charge is -2.12. The summed E-state index contributed by atoms with van der Waals surface area (Å²) in [4.78, 5) is 22.8. The van der Waals surface area contributed by atoms with E-state index in [-0.39, 0.29) is 12.7 Å². The molecule has 0 atom stereocenters. The number of hydrogen-bond donors (Lipinski definition) is 0. The average Bonchev–Trinajstić information content (AvgIpc) is 2.36. The normalized spacial score (nSPS) is 11.1. The Bertz CT molecular complexity index is 537. The first-order valence-electron chi connectivity index (χ1n) is 5.38. The highest BCUT2D eigenvalue weighted by Gasteiger charge is 2.35. The lowest BCUT2D eigenvalue weighted by molar-refractivity contribution is -0.138. The van der Waals surface area contributed by atoms with Gasteiger partial charge in [0.15, 0.2) is 0 Å². The molecule has 0 unspecified atom stereocenters. The summed E-state index contributed by atoms with van der Waals surface area (Å²) in [5, 5.41) is 0. The molecule has 4 nitrogen and oxygen atoms in total. The van der Waals surface area contributed by atoms with Crippen LogP contribution in [0.15, 0.2) is 12.1 Å². The van der Waals surface area contributed by atoms with Crippen molar-refractivity contribution in [2.24, 2.45) is 0 Å². The molecule has 0 aliphatic heterocycles. The third-order valence-corrected chi connectivity index (χ3v) is 2.29. The van der Waals surface area contributed by atoms with E-state index in [9.17, 15) is 27.2 Å². The van der Waals surface area contributed by atoms with Gasteiger partial charge in [0.25, 0.3) is 5.78 Å². The number of carbonyl (C=O) groups excluding carboxylic acids is 2. The van der Waals surface area contributed by atoms with E-state index in [0.717, 1.165) is 7.11 Å². The Morgan fingerprint density at radius 3 is 2.30 bits per heavy atom. The van der Waals surface area contributed by atoms with Crippen LogP contribution in [0.25, 0.3) is 0 Å². The van der Waals surface area contributed by atoms with Gasteiger partial charge in [-0.15, -0.1) is 0 Å². The van der Waals surface area contributed by atoms with Crippen molar-refractivity contribution >= 4 is 11.8 Å². The predicted octanol–water partition coefficient (Wildman–Crippen LogP) is 2.60. The molecule has 0 aromatic heterocycles. The largest absolute Gasteiger partial charge is 0.496 e. The lowest BCUT2D eigenvalue weighted by Crippen LogP contribution is -2.20. The minimum absolute atomic E-state index is 0.120. The molecular weight excluding hydrogens is 284 g/mol. The van der Waals surface area contributed by atoms with E-state index >= 15 is 0 Å². The highest BCUT2D eigenvalue weighted by molar-refractivity contribution is 6.41. The van der Waals surface area contributed by atoms with Crippen LogP contribution in [0.5, 0.6) is 5.75 Å². The standard InChI is InChI=1S/C12H10F4O4/c1-3-20-11(18)10(17)9-7(13)4-6(12(14,15)16)5-8(9)19-2/h4-5H,3H2,1-2H3. The Kier molecular flexibility index (Phi) is 4.69. The Hall–Kier alpha value is -2.12. The number of benzene rings is 1. The zero-order chi connectivity index (χ0) is 15.5. The van der Waals surface area contributed by atoms with Gasteiger partial charge in [-0.25, -0.2) is 9.18 Å². The molecule has 0 N–H and O–H groups in total. The lowest BCUT2D eigenvalue weighted by atomic mass is 10.1. The van der Waals surface area contributed by atoms with Crippen molar-refractivity contribution < 1.29 is 36.6 Å². The molecule has 1 rings (SSSR count). The van der Waals surface area contributed by atoms with Crippen LogP contribution >= 0.6 is 0 Å². The van der Waals surface area contributed by atoms with E-state index in [1.165, 1.54) is 6.92 Å². The first-order valence-corrected chi connectivity index (χ1v) is 5.38. The summed E-state index contributed by atoms with van der Waals surface area (Å²) in [6.07, 6.45) is -4.81. The zero-order valence-corrected chi connectivity index (χ0v) is 10.5. The fourth-order valence-electron chi connectivity index (χ4n) is 1.43. The number of esters is 1. The second kappa shape index (κ2) is 5.89. The van der Waals surface area contributed by atoms with Crippen LogP contribution < -0.4 is 4.74 Å². The van der Waals surface area contributed by atoms with Gasteiger partial charge in [-0.1, -0.05) is 0 Å². The summed E-state index contributed by atoms with van der Waals surface area (Å²) in [6, 6.07) is 0.560. The monoisotopic (exact) mass is 294 g/mol. The average molecular weight is 294 g/mol. The van der Waals surface area contributed by atoms with Crippen molar-refractivity contribution in [1.29, 1.82) is 0 Å². The summed E-state index contributed by atoms with van der Waals surface area (Å²) in [5.74, 6) is -4.97. The Morgan fingerprint density at radius 1 is 1.25 bits per heavy atom. The number of Topliss-reactive ketones (excluding diaryl/α,β-unsaturated/α-hetero) is 1. The third kappa shape index (κ3) is 3.25. The van der Waals surface area contributed by atoms with Crippen molar-refractivity contribution in [3.05, 3.63) is 29.1 Å². The van der Waals surface area contributed by atoms with Gasteiger partial charge in [0.1, 0.15) is 17.1 Å². The highest BCUT2D eigenvalue weighted by Crippen LogP contribution is 2.34. The van der Waals surface area contributed by atoms with Gasteiger partial charge >= 0.3 is 12.1 Å². The van der Waals surface area contributed by atoms with E-state index in [1.807, 2.05) is 0 Å². The molecular formula is C12H10F4O4. The molecule has 0 bridgehead atoms. The minimum atomic E-state index is -4.81. The molecule has 0 fully saturated rings. The molecule has 1 aromatic rings. The highest BCUT2D eigenvalue weighted by atomic mass is 19.4. The van der Waals surface area contributed by atoms with Crippen LogP contribution in [-0.4, -0.2) is 25.5 Å². The zero-order valence-electron chi connectivity index (χ0n) is 10.5. The van der Waals surface area contributed by atoms with E-state index in [0.29, 0.717) is 6.07 Å². The molecule has 0 saturated heterocycles. The molecule has 0 aliphatic rings. The molecule has 0 saturated carbocycles. The number of hydrogen-bond acceptors (Lipinski definition) is 4. The maximum Gasteiger partial charge on any atom is 0.416 e. The maximum atomic E-state index is 13.7. The van der Waals surface area contributed by atoms with Gasteiger partial charge < -0.3 is 9.47 Å². The SMILES string of the molecule is CCOC(=O)C(=O)c1c(F)cc(C(F)(F)F)cc1OC. The Balaban J connectivity index is 3.34. The van der Waals surface area contributed by atoms with Gasteiger partial charge in [0.2, 0.25) is 0 Å². The molecule has 20 heavy (non-hydrogen) atoms. The van der Waals surface area contributed by atoms with Crippen LogP contribution in [0.3, 0.4) is 0 Å². The van der Waals surface area contributed by atoms with Gasteiger partial charge in [0, 0.05) is 0 Å². The topological polar surface area (TPSA) is 52.6 Å². The first kappa shape index (κ1) is 15.9. The molecule has 0 heterocycles. The van der Waals surface area contributed by atoms with Crippen LogP contribution in [0.4, 0.5) is 17.6 Å². The summed E-state index contributed by atoms with van der Waals surface area (Å²) < 4.78 is 60.1. The molecule has 8 heteroatoms. The number of alkyl halides is 3. The van der Waals surface area contributed by atoms with Crippen LogP contribution in [-0.2, 0) is 15.7 Å². The fraction of sp³-hybridized carbons (Fsp3) is 0.333. The van der Waals surface area contributed by atoms with E-state index in [4.69, 9.17) is 0 Å². The number of halogens is 4. The number of methoxy groups -OCH3 is 1. The molecule has 0 radical (unpaired) electrons. The summed E-state index contributed by atoms with van der Waals surface area (Å²) in [7, 11) is 0.955. The van der Waals surface area contributed by atoms with Crippen molar-refractivity contribution in [2.75, 3.05) is 13.7 Å². The van der Waals surface area contributed by atoms with E-state index < -0.39 is 40.6 Å². The predicted molar refractivity (Wildman–Crippen MR) is 58.9 cm³/mol. The van der Waals surface area contributed by atoms with Crippen LogP contribution in [0, 0.1) is 5.82 Å². The van der Waals surface area contributed by atoms with E-state index in [2.05, 4.69) is 9.47 Å². The van der Waals surface area contributed by atoms with Gasteiger partial charge in [-0.05, 0) is 19.1 Å². The second-order valence-electron chi connectivity index (χ2n) is 3.58. The number of carbonyl (C=O) groups is 2. The summed E-state index contributed by atoms with van der Waals surface area (Å²) in [6.45, 7) is 1.29. The van der Waals surface area contributed by atoms with Crippen molar-refractivity contribution in [2.45, 2.75) is 13.1 Å². The maximum absolute atomic E-state index is 13.7. The molecule has 1 aromatic carbocycles. The summed E-state index contributed by atoms with van der Waals surface area (Å²) >= 11 is 0. The van der Waals surface area contributed by atoms with Gasteiger partial charge in [0.05, 0.1) is 19.3 Å². The van der Waals surface area contributed by atoms with Gasteiger partial charge in [-0.2, -0.15) is 13.2 Å². The minimum Gasteiger partial charge on any atom is -0.496 e. The quantitative estimate of drug-likeness (QED) is 0.371. The van der Waals surface area contributed by atoms with Crippen molar-refractivity contribution in [3.63, 3.8) is 0 Å². The number of ether oxygens (including phenoxy) is 2. The molecule has 0 amide bonds. The molecule has 0 spiro atoms. The second-order valence-corrected chi connectivity index (χ2v) is 3.58. The van der Waals surface area contributed by atoms with Crippen LogP contribution in [0.1, 0.15) is 22.8 Å². The number of rotatable bonds is 4. The molecule has 0 aliphatic carbocycles. The Labute approximate surface area is 111 Å². The number of ketones is 1.